The van der Waals surface area contributed by atoms with Gasteiger partial charge in [-0.3, -0.25) is 0 Å². The summed E-state index contributed by atoms with van der Waals surface area (Å²) in [6, 6.07) is 6.89. The molecule has 0 aromatic heterocycles. The lowest BCUT2D eigenvalue weighted by molar-refractivity contribution is 0.309. The number of nitrogens with zero attached hydrogens (tertiary/aromatic N) is 1. The van der Waals surface area contributed by atoms with Crippen molar-refractivity contribution in [2.75, 3.05) is 13.1 Å². The number of hydrogen-bond donors (Lipinski definition) is 0. The highest BCUT2D eigenvalue weighted by Gasteiger charge is 2.30. The molecule has 0 unspecified atom stereocenters. The molecule has 0 N–H and O–H groups in total. The molecule has 0 atom stereocenters. The zero-order valence-electron chi connectivity index (χ0n) is 8.19. The van der Waals surface area contributed by atoms with Gasteiger partial charge in [0.1, 0.15) is 0 Å². The number of sulfonamides is 1. The van der Waals surface area contributed by atoms with Crippen LogP contribution in [0.3, 0.4) is 0 Å². The molecule has 0 radical (unpaired) electrons. The summed E-state index contributed by atoms with van der Waals surface area (Å²) in [6.45, 7) is 1.25. The fourth-order valence-electron chi connectivity index (χ4n) is 1.53. The predicted octanol–water partition coefficient (Wildman–Crippen LogP) is 1.82. The average molecular weight is 246 g/mol. The molecular weight excluding hydrogens is 234 g/mol. The molecule has 0 aliphatic carbocycles. The lowest BCUT2D eigenvalue weighted by Gasteiger charge is -2.30. The number of benzene rings is 1. The smallest absolute Gasteiger partial charge is 0.207 e. The molecule has 5 heteroatoms. The predicted molar refractivity (Wildman–Crippen MR) is 59.4 cm³/mol. The van der Waals surface area contributed by atoms with Crippen molar-refractivity contribution in [2.45, 2.75) is 17.2 Å². The highest BCUT2D eigenvalue weighted by molar-refractivity contribution is 7.89. The highest BCUT2D eigenvalue weighted by Crippen LogP contribution is 2.24. The minimum atomic E-state index is -3.30. The van der Waals surface area contributed by atoms with Crippen LogP contribution in [0.25, 0.3) is 0 Å². The van der Waals surface area contributed by atoms with Crippen molar-refractivity contribution in [3.05, 3.63) is 29.8 Å². The van der Waals surface area contributed by atoms with Crippen molar-refractivity contribution in [2.24, 2.45) is 0 Å². The van der Waals surface area contributed by atoms with Crippen molar-refractivity contribution < 1.29 is 8.42 Å². The Labute approximate surface area is 94.7 Å². The maximum absolute atomic E-state index is 12.1. The van der Waals surface area contributed by atoms with Crippen LogP contribution in [-0.2, 0) is 15.9 Å². The average Bonchev–Trinajstić information content (AvgIpc) is 2.14. The van der Waals surface area contributed by atoms with Gasteiger partial charge < -0.3 is 0 Å². The Hall–Kier alpha value is -0.580. The molecule has 0 spiro atoms. The summed E-state index contributed by atoms with van der Waals surface area (Å²) in [5.74, 6) is 0.225. The van der Waals surface area contributed by atoms with Gasteiger partial charge in [-0.25, -0.2) is 8.42 Å². The third kappa shape index (κ3) is 1.89. The molecule has 1 aliphatic heterocycles. The first kappa shape index (κ1) is 10.9. The highest BCUT2D eigenvalue weighted by atomic mass is 35.5. The molecule has 2 rings (SSSR count). The van der Waals surface area contributed by atoms with E-state index in [1.165, 1.54) is 4.31 Å². The van der Waals surface area contributed by atoms with Crippen LogP contribution in [0.4, 0.5) is 0 Å². The van der Waals surface area contributed by atoms with Crippen molar-refractivity contribution in [1.82, 2.24) is 4.31 Å². The minimum absolute atomic E-state index is 0.225. The van der Waals surface area contributed by atoms with Crippen molar-refractivity contribution >= 4 is 21.6 Å². The quantitative estimate of drug-likeness (QED) is 0.762. The van der Waals surface area contributed by atoms with Crippen LogP contribution in [0, 0.1) is 0 Å². The number of halogens is 1. The fraction of sp³-hybridized carbons (Fsp3) is 0.400. The normalized spacial score (nSPS) is 17.4. The van der Waals surface area contributed by atoms with Gasteiger partial charge in [-0.15, -0.1) is 11.6 Å². The third-order valence-electron chi connectivity index (χ3n) is 2.55. The first-order valence-electron chi connectivity index (χ1n) is 4.80. The Morgan fingerprint density at radius 3 is 2.47 bits per heavy atom. The first-order chi connectivity index (χ1) is 7.16. The zero-order valence-corrected chi connectivity index (χ0v) is 9.76. The molecule has 1 saturated heterocycles. The molecule has 1 aromatic rings. The van der Waals surface area contributed by atoms with Crippen molar-refractivity contribution in [3.8, 4) is 0 Å². The number of hydrogen-bond acceptors (Lipinski definition) is 2. The van der Waals surface area contributed by atoms with Gasteiger partial charge in [-0.2, -0.15) is 4.31 Å². The Kier molecular flexibility index (Phi) is 3.00. The van der Waals surface area contributed by atoms with E-state index in [0.717, 1.165) is 6.42 Å². The second kappa shape index (κ2) is 4.12. The maximum atomic E-state index is 12.1. The van der Waals surface area contributed by atoms with Gasteiger partial charge in [0.25, 0.3) is 0 Å². The fourth-order valence-corrected chi connectivity index (χ4v) is 3.58. The van der Waals surface area contributed by atoms with E-state index >= 15 is 0 Å². The van der Waals surface area contributed by atoms with E-state index in [1.807, 2.05) is 0 Å². The standard InChI is InChI=1S/C10H12ClNO2S/c11-8-9-4-1-2-5-10(9)15(13,14)12-6-3-7-12/h1-2,4-5H,3,6-8H2. The topological polar surface area (TPSA) is 37.4 Å². The maximum Gasteiger partial charge on any atom is 0.243 e. The SMILES string of the molecule is O=S(=O)(c1ccccc1CCl)N1CCC1. The molecule has 0 bridgehead atoms. The summed E-state index contributed by atoms with van der Waals surface area (Å²) in [5.41, 5.74) is 0.672. The van der Waals surface area contributed by atoms with Crippen molar-refractivity contribution in [1.29, 1.82) is 0 Å². The summed E-state index contributed by atoms with van der Waals surface area (Å²) in [4.78, 5) is 0.347. The molecule has 1 heterocycles. The molecule has 0 saturated carbocycles. The summed E-state index contributed by atoms with van der Waals surface area (Å²) in [7, 11) is -3.30. The lowest BCUT2D eigenvalue weighted by atomic mass is 10.2. The zero-order chi connectivity index (χ0) is 10.9. The van der Waals surface area contributed by atoms with Crippen LogP contribution in [0.5, 0.6) is 0 Å². The van der Waals surface area contributed by atoms with Crippen molar-refractivity contribution in [3.63, 3.8) is 0 Å². The molecule has 0 amide bonds. The van der Waals surface area contributed by atoms with E-state index in [0.29, 0.717) is 23.5 Å². The number of alkyl halides is 1. The van der Waals surface area contributed by atoms with E-state index < -0.39 is 10.0 Å². The van der Waals surface area contributed by atoms with E-state index in [1.54, 1.807) is 24.3 Å². The molecule has 3 nitrogen and oxygen atoms in total. The largest absolute Gasteiger partial charge is 0.243 e. The molecule has 82 valence electrons. The van der Waals surface area contributed by atoms with Crippen LogP contribution < -0.4 is 0 Å². The molecule has 1 aromatic carbocycles. The summed E-state index contributed by atoms with van der Waals surface area (Å²) >= 11 is 5.72. The van der Waals surface area contributed by atoms with E-state index in [-0.39, 0.29) is 5.88 Å². The Bertz CT molecular complexity index is 454. The van der Waals surface area contributed by atoms with Gasteiger partial charge in [-0.1, -0.05) is 18.2 Å². The second-order valence-electron chi connectivity index (χ2n) is 3.50. The number of rotatable bonds is 3. The van der Waals surface area contributed by atoms with Crippen LogP contribution in [0.15, 0.2) is 29.2 Å². The molecular formula is C10H12ClNO2S. The van der Waals surface area contributed by atoms with Crippen LogP contribution in [-0.4, -0.2) is 25.8 Å². The Balaban J connectivity index is 2.43. The monoisotopic (exact) mass is 245 g/mol. The van der Waals surface area contributed by atoms with E-state index in [4.69, 9.17) is 11.6 Å². The van der Waals surface area contributed by atoms with Gasteiger partial charge in [0, 0.05) is 19.0 Å². The van der Waals surface area contributed by atoms with Gasteiger partial charge in [0.15, 0.2) is 0 Å². The summed E-state index contributed by atoms with van der Waals surface area (Å²) < 4.78 is 25.6. The third-order valence-corrected chi connectivity index (χ3v) is 4.84. The first-order valence-corrected chi connectivity index (χ1v) is 6.78. The van der Waals surface area contributed by atoms with Crippen LogP contribution in [0.2, 0.25) is 0 Å². The Morgan fingerprint density at radius 1 is 1.27 bits per heavy atom. The molecule has 1 aliphatic rings. The minimum Gasteiger partial charge on any atom is -0.207 e. The lowest BCUT2D eigenvalue weighted by Crippen LogP contribution is -2.42. The van der Waals surface area contributed by atoms with Crippen LogP contribution >= 0.6 is 11.6 Å². The summed E-state index contributed by atoms with van der Waals surface area (Å²) in [6.07, 6.45) is 0.947. The molecule has 1 fully saturated rings. The summed E-state index contributed by atoms with van der Waals surface area (Å²) in [5, 5.41) is 0. The second-order valence-corrected chi connectivity index (χ2v) is 5.67. The molecule has 15 heavy (non-hydrogen) atoms. The van der Waals surface area contributed by atoms with Gasteiger partial charge in [-0.05, 0) is 18.1 Å². The van der Waals surface area contributed by atoms with E-state index in [2.05, 4.69) is 0 Å². The van der Waals surface area contributed by atoms with Gasteiger partial charge >= 0.3 is 0 Å². The Morgan fingerprint density at radius 2 is 1.93 bits per heavy atom. The van der Waals surface area contributed by atoms with Gasteiger partial charge in [0.2, 0.25) is 10.0 Å². The van der Waals surface area contributed by atoms with E-state index in [9.17, 15) is 8.42 Å². The van der Waals surface area contributed by atoms with Crippen LogP contribution in [0.1, 0.15) is 12.0 Å². The van der Waals surface area contributed by atoms with Gasteiger partial charge in [0.05, 0.1) is 4.90 Å².